The lowest BCUT2D eigenvalue weighted by molar-refractivity contribution is 0.0695. The van der Waals surface area contributed by atoms with E-state index in [0.717, 1.165) is 5.69 Å². The van der Waals surface area contributed by atoms with Crippen LogP contribution < -0.4 is 0 Å². The predicted octanol–water partition coefficient (Wildman–Crippen LogP) is 0.977. The molecule has 1 N–H and O–H groups in total. The van der Waals surface area contributed by atoms with Gasteiger partial charge in [-0.05, 0) is 19.9 Å². The summed E-state index contributed by atoms with van der Waals surface area (Å²) in [5.74, 6) is -0.656. The molecular weight excluding hydrogens is 208 g/mol. The zero-order valence-corrected chi connectivity index (χ0v) is 8.88. The number of hydrogen-bond donors (Lipinski definition) is 1. The lowest BCUT2D eigenvalue weighted by atomic mass is 10.2. The quantitative estimate of drug-likeness (QED) is 0.812. The van der Waals surface area contributed by atoms with Crippen molar-refractivity contribution < 1.29 is 9.90 Å². The Hall–Kier alpha value is -2.24. The van der Waals surface area contributed by atoms with Crippen LogP contribution in [0.3, 0.4) is 0 Å². The van der Waals surface area contributed by atoms with Crippen LogP contribution in [-0.2, 0) is 0 Å². The molecule has 0 radical (unpaired) electrons. The van der Waals surface area contributed by atoms with Gasteiger partial charge in [0.15, 0.2) is 0 Å². The lowest BCUT2D eigenvalue weighted by Crippen LogP contribution is -2.08. The summed E-state index contributed by atoms with van der Waals surface area (Å²) in [6.07, 6.45) is 3.02. The van der Waals surface area contributed by atoms with E-state index in [1.54, 1.807) is 13.1 Å². The van der Waals surface area contributed by atoms with Crippen LogP contribution in [0.4, 0.5) is 0 Å². The minimum atomic E-state index is -1.03. The van der Waals surface area contributed by atoms with Gasteiger partial charge in [0.05, 0.1) is 17.0 Å². The van der Waals surface area contributed by atoms with Gasteiger partial charge in [-0.2, -0.15) is 5.10 Å². The number of nitrogens with zero attached hydrogens (tertiary/aromatic N) is 4. The minimum absolute atomic E-state index is 0.104. The molecule has 0 aliphatic heterocycles. The van der Waals surface area contributed by atoms with Crippen molar-refractivity contribution in [3.63, 3.8) is 0 Å². The van der Waals surface area contributed by atoms with Crippen molar-refractivity contribution in [3.05, 3.63) is 35.4 Å². The van der Waals surface area contributed by atoms with Gasteiger partial charge in [-0.3, -0.25) is 0 Å². The highest BCUT2D eigenvalue weighted by molar-refractivity contribution is 5.88. The summed E-state index contributed by atoms with van der Waals surface area (Å²) in [6, 6.07) is 1.82. The van der Waals surface area contributed by atoms with E-state index in [-0.39, 0.29) is 5.56 Å². The zero-order valence-electron chi connectivity index (χ0n) is 8.88. The fraction of sp³-hybridized carbons (Fsp3) is 0.200. The number of carbonyl (C=O) groups is 1. The van der Waals surface area contributed by atoms with Gasteiger partial charge in [0.25, 0.3) is 5.95 Å². The van der Waals surface area contributed by atoms with Crippen LogP contribution in [0.15, 0.2) is 18.5 Å². The standard InChI is InChI=1S/C10H10N4O2/c1-6-3-4-14(13-6)10-11-5-8(9(15)16)7(2)12-10/h3-5H,1-2H3,(H,15,16). The maximum absolute atomic E-state index is 10.8. The molecule has 0 fully saturated rings. The molecule has 6 nitrogen and oxygen atoms in total. The average Bonchev–Trinajstić information content (AvgIpc) is 2.64. The number of rotatable bonds is 2. The normalized spacial score (nSPS) is 10.4. The topological polar surface area (TPSA) is 80.9 Å². The van der Waals surface area contributed by atoms with Gasteiger partial charge in [-0.1, -0.05) is 0 Å². The van der Waals surface area contributed by atoms with Gasteiger partial charge in [0.1, 0.15) is 0 Å². The van der Waals surface area contributed by atoms with E-state index in [2.05, 4.69) is 15.1 Å². The third-order valence-electron chi connectivity index (χ3n) is 2.12. The number of carboxylic acid groups (broad SMARTS) is 1. The second-order valence-electron chi connectivity index (χ2n) is 3.38. The van der Waals surface area contributed by atoms with E-state index in [4.69, 9.17) is 5.11 Å². The monoisotopic (exact) mass is 218 g/mol. The zero-order chi connectivity index (χ0) is 11.7. The van der Waals surface area contributed by atoms with Crippen molar-refractivity contribution >= 4 is 5.97 Å². The highest BCUT2D eigenvalue weighted by Gasteiger charge is 2.10. The van der Waals surface area contributed by atoms with Crippen LogP contribution >= 0.6 is 0 Å². The highest BCUT2D eigenvalue weighted by Crippen LogP contribution is 2.07. The molecule has 2 aromatic heterocycles. The second kappa shape index (κ2) is 3.73. The number of carboxylic acids is 1. The Kier molecular flexibility index (Phi) is 2.40. The summed E-state index contributed by atoms with van der Waals surface area (Å²) < 4.78 is 1.51. The molecule has 0 aliphatic carbocycles. The van der Waals surface area contributed by atoms with Crippen LogP contribution in [0.5, 0.6) is 0 Å². The highest BCUT2D eigenvalue weighted by atomic mass is 16.4. The summed E-state index contributed by atoms with van der Waals surface area (Å²) >= 11 is 0. The molecule has 0 amide bonds. The predicted molar refractivity (Wildman–Crippen MR) is 55.6 cm³/mol. The summed E-state index contributed by atoms with van der Waals surface area (Å²) in [5.41, 5.74) is 1.38. The van der Waals surface area contributed by atoms with Crippen LogP contribution in [0.2, 0.25) is 0 Å². The number of aromatic nitrogens is 4. The largest absolute Gasteiger partial charge is 0.478 e. The third-order valence-corrected chi connectivity index (χ3v) is 2.12. The molecule has 2 rings (SSSR count). The molecule has 0 aromatic carbocycles. The van der Waals surface area contributed by atoms with E-state index >= 15 is 0 Å². The molecule has 0 bridgehead atoms. The molecule has 0 unspecified atom stereocenters. The first-order valence-corrected chi connectivity index (χ1v) is 4.67. The Morgan fingerprint density at radius 3 is 2.69 bits per heavy atom. The van der Waals surface area contributed by atoms with Gasteiger partial charge >= 0.3 is 5.97 Å². The first-order valence-electron chi connectivity index (χ1n) is 4.67. The van der Waals surface area contributed by atoms with E-state index in [0.29, 0.717) is 11.6 Å². The fourth-order valence-corrected chi connectivity index (χ4v) is 1.30. The molecule has 82 valence electrons. The summed E-state index contributed by atoms with van der Waals surface area (Å²) in [5, 5.41) is 13.0. The number of aromatic carboxylic acids is 1. The molecule has 0 saturated heterocycles. The lowest BCUT2D eigenvalue weighted by Gasteiger charge is -2.02. The van der Waals surface area contributed by atoms with Crippen molar-refractivity contribution in [3.8, 4) is 5.95 Å². The third kappa shape index (κ3) is 1.77. The molecular formula is C10H10N4O2. The van der Waals surface area contributed by atoms with Crippen molar-refractivity contribution in [2.75, 3.05) is 0 Å². The van der Waals surface area contributed by atoms with Crippen molar-refractivity contribution in [2.24, 2.45) is 0 Å². The maximum Gasteiger partial charge on any atom is 0.339 e. The van der Waals surface area contributed by atoms with Gasteiger partial charge in [0.2, 0.25) is 0 Å². The van der Waals surface area contributed by atoms with Crippen LogP contribution in [-0.4, -0.2) is 30.8 Å². The van der Waals surface area contributed by atoms with E-state index in [1.807, 2.05) is 13.0 Å². The summed E-state index contributed by atoms with van der Waals surface area (Å²) in [4.78, 5) is 18.8. The fourth-order valence-electron chi connectivity index (χ4n) is 1.30. The first kappa shape index (κ1) is 10.3. The molecule has 0 atom stereocenters. The summed E-state index contributed by atoms with van der Waals surface area (Å²) in [7, 11) is 0. The van der Waals surface area contributed by atoms with Crippen molar-refractivity contribution in [1.29, 1.82) is 0 Å². The van der Waals surface area contributed by atoms with Crippen molar-refractivity contribution in [1.82, 2.24) is 19.7 Å². The van der Waals surface area contributed by atoms with Crippen LogP contribution in [0.1, 0.15) is 21.7 Å². The minimum Gasteiger partial charge on any atom is -0.478 e. The van der Waals surface area contributed by atoms with E-state index in [1.165, 1.54) is 10.9 Å². The van der Waals surface area contributed by atoms with Crippen LogP contribution in [0.25, 0.3) is 5.95 Å². The molecule has 6 heteroatoms. The van der Waals surface area contributed by atoms with Crippen LogP contribution in [0, 0.1) is 13.8 Å². The first-order chi connectivity index (χ1) is 7.58. The summed E-state index contributed by atoms with van der Waals surface area (Å²) in [6.45, 7) is 3.49. The molecule has 2 heterocycles. The SMILES string of the molecule is Cc1ccn(-c2ncc(C(=O)O)c(C)n2)n1. The van der Waals surface area contributed by atoms with Gasteiger partial charge in [-0.25, -0.2) is 19.4 Å². The Morgan fingerprint density at radius 2 is 2.19 bits per heavy atom. The Balaban J connectivity index is 2.45. The van der Waals surface area contributed by atoms with Gasteiger partial charge in [0, 0.05) is 12.4 Å². The van der Waals surface area contributed by atoms with E-state index in [9.17, 15) is 4.79 Å². The Labute approximate surface area is 91.6 Å². The number of hydrogen-bond acceptors (Lipinski definition) is 4. The average molecular weight is 218 g/mol. The van der Waals surface area contributed by atoms with E-state index < -0.39 is 5.97 Å². The second-order valence-corrected chi connectivity index (χ2v) is 3.38. The molecule has 0 spiro atoms. The van der Waals surface area contributed by atoms with Crippen molar-refractivity contribution in [2.45, 2.75) is 13.8 Å². The molecule has 2 aromatic rings. The molecule has 0 aliphatic rings. The molecule has 0 saturated carbocycles. The molecule has 16 heavy (non-hydrogen) atoms. The van der Waals surface area contributed by atoms with Gasteiger partial charge in [-0.15, -0.1) is 0 Å². The maximum atomic E-state index is 10.8. The number of aryl methyl sites for hydroxylation is 2. The smallest absolute Gasteiger partial charge is 0.339 e. The van der Waals surface area contributed by atoms with Gasteiger partial charge < -0.3 is 5.11 Å². The Morgan fingerprint density at radius 1 is 1.44 bits per heavy atom. The Bertz CT molecular complexity index is 548.